The fourth-order valence-electron chi connectivity index (χ4n) is 2.49. The highest BCUT2D eigenvalue weighted by Gasteiger charge is 2.22. The number of fused-ring (bicyclic) bond motifs is 1. The Morgan fingerprint density at radius 3 is 2.81 bits per heavy atom. The Hall–Kier alpha value is 0.0300. The first-order chi connectivity index (χ1) is 10.1. The van der Waals surface area contributed by atoms with Crippen LogP contribution in [0.3, 0.4) is 0 Å². The largest absolute Gasteiger partial charge is 0.496 e. The third-order valence-electron chi connectivity index (χ3n) is 3.68. The SMILES string of the molecule is COc1cc(C)c(Br)cc1C(Br)c1cc2c(s1)CCSC2. The summed E-state index contributed by atoms with van der Waals surface area (Å²) in [5.74, 6) is 3.35. The molecule has 3 rings (SSSR count). The minimum atomic E-state index is 0.185. The van der Waals surface area contributed by atoms with Crippen LogP contribution in [0.5, 0.6) is 5.75 Å². The van der Waals surface area contributed by atoms with Crippen LogP contribution in [0.1, 0.15) is 31.3 Å². The molecule has 112 valence electrons. The first-order valence-corrected chi connectivity index (χ1v) is 10.5. The highest BCUT2D eigenvalue weighted by atomic mass is 79.9. The van der Waals surface area contributed by atoms with E-state index in [-0.39, 0.29) is 4.83 Å². The maximum atomic E-state index is 5.58. The van der Waals surface area contributed by atoms with Crippen molar-refractivity contribution in [3.05, 3.63) is 49.1 Å². The Labute approximate surface area is 150 Å². The summed E-state index contributed by atoms with van der Waals surface area (Å²) in [4.78, 5) is 3.11. The molecule has 2 aromatic rings. The van der Waals surface area contributed by atoms with Gasteiger partial charge in [-0.3, -0.25) is 0 Å². The van der Waals surface area contributed by atoms with Gasteiger partial charge < -0.3 is 4.74 Å². The smallest absolute Gasteiger partial charge is 0.123 e. The lowest BCUT2D eigenvalue weighted by molar-refractivity contribution is 0.410. The summed E-state index contributed by atoms with van der Waals surface area (Å²) >= 11 is 11.5. The molecule has 0 N–H and O–H groups in total. The molecule has 1 aliphatic heterocycles. The van der Waals surface area contributed by atoms with E-state index < -0.39 is 0 Å². The van der Waals surface area contributed by atoms with Crippen molar-refractivity contribution in [1.29, 1.82) is 0 Å². The molecule has 0 amide bonds. The highest BCUT2D eigenvalue weighted by Crippen LogP contribution is 2.44. The van der Waals surface area contributed by atoms with Crippen LogP contribution < -0.4 is 4.74 Å². The van der Waals surface area contributed by atoms with Crippen LogP contribution in [-0.2, 0) is 12.2 Å². The van der Waals surface area contributed by atoms with E-state index in [1.54, 1.807) is 12.0 Å². The lowest BCUT2D eigenvalue weighted by Gasteiger charge is -2.15. The van der Waals surface area contributed by atoms with Crippen LogP contribution in [0.4, 0.5) is 0 Å². The van der Waals surface area contributed by atoms with Crippen molar-refractivity contribution >= 4 is 55.0 Å². The highest BCUT2D eigenvalue weighted by molar-refractivity contribution is 9.10. The van der Waals surface area contributed by atoms with E-state index in [1.165, 1.54) is 33.7 Å². The van der Waals surface area contributed by atoms with E-state index in [0.29, 0.717) is 0 Å². The Bertz CT molecular complexity index is 643. The van der Waals surface area contributed by atoms with Crippen molar-refractivity contribution in [2.24, 2.45) is 0 Å². The van der Waals surface area contributed by atoms with Crippen LogP contribution in [-0.4, -0.2) is 12.9 Å². The van der Waals surface area contributed by atoms with Gasteiger partial charge in [0.05, 0.1) is 11.9 Å². The molecule has 0 saturated heterocycles. The molecule has 1 nitrogen and oxygen atoms in total. The second kappa shape index (κ2) is 6.65. The van der Waals surface area contributed by atoms with E-state index in [4.69, 9.17) is 4.74 Å². The number of halogens is 2. The van der Waals surface area contributed by atoms with Crippen LogP contribution in [0.2, 0.25) is 0 Å². The first kappa shape index (κ1) is 15.9. The molecule has 0 fully saturated rings. The van der Waals surface area contributed by atoms with Gasteiger partial charge in [0, 0.05) is 25.5 Å². The normalized spacial score (nSPS) is 15.6. The number of ether oxygens (including phenoxy) is 1. The van der Waals surface area contributed by atoms with Crippen molar-refractivity contribution in [3.63, 3.8) is 0 Å². The Morgan fingerprint density at radius 1 is 1.29 bits per heavy atom. The van der Waals surface area contributed by atoms with Crippen molar-refractivity contribution in [2.45, 2.75) is 23.9 Å². The molecular formula is C16H16Br2OS2. The number of alkyl halides is 1. The number of hydrogen-bond acceptors (Lipinski definition) is 3. The van der Waals surface area contributed by atoms with Crippen LogP contribution in [0.15, 0.2) is 22.7 Å². The maximum absolute atomic E-state index is 5.58. The number of aryl methyl sites for hydroxylation is 2. The second-order valence-electron chi connectivity index (χ2n) is 5.11. The zero-order chi connectivity index (χ0) is 15.0. The third kappa shape index (κ3) is 3.21. The average molecular weight is 448 g/mol. The van der Waals surface area contributed by atoms with Gasteiger partial charge in [-0.05, 0) is 48.4 Å². The molecule has 1 atom stereocenters. The van der Waals surface area contributed by atoms with Crippen LogP contribution in [0.25, 0.3) is 0 Å². The van der Waals surface area contributed by atoms with Gasteiger partial charge in [0.2, 0.25) is 0 Å². The summed E-state index contributed by atoms with van der Waals surface area (Å²) in [6, 6.07) is 6.62. The second-order valence-corrected chi connectivity index (χ2v) is 9.15. The number of benzene rings is 1. The van der Waals surface area contributed by atoms with Gasteiger partial charge in [-0.15, -0.1) is 11.3 Å². The third-order valence-corrected chi connectivity index (χ3v) is 8.13. The van der Waals surface area contributed by atoms with Gasteiger partial charge >= 0.3 is 0 Å². The molecule has 0 aliphatic carbocycles. The monoisotopic (exact) mass is 446 g/mol. The van der Waals surface area contributed by atoms with Gasteiger partial charge in [0.15, 0.2) is 0 Å². The molecule has 21 heavy (non-hydrogen) atoms. The number of rotatable bonds is 3. The molecule has 1 aromatic heterocycles. The average Bonchev–Trinajstić information content (AvgIpc) is 2.92. The Morgan fingerprint density at radius 2 is 2.10 bits per heavy atom. The van der Waals surface area contributed by atoms with Gasteiger partial charge in [-0.2, -0.15) is 11.8 Å². The molecule has 0 radical (unpaired) electrons. The summed E-state index contributed by atoms with van der Waals surface area (Å²) in [5.41, 5.74) is 3.89. The van der Waals surface area contributed by atoms with Gasteiger partial charge in [-0.25, -0.2) is 0 Å². The summed E-state index contributed by atoms with van der Waals surface area (Å²) < 4.78 is 6.70. The zero-order valence-corrected chi connectivity index (χ0v) is 16.7. The molecule has 1 unspecified atom stereocenters. The molecular weight excluding hydrogens is 432 g/mol. The fraction of sp³-hybridized carbons (Fsp3) is 0.375. The maximum Gasteiger partial charge on any atom is 0.123 e. The minimum absolute atomic E-state index is 0.185. The van der Waals surface area contributed by atoms with E-state index in [9.17, 15) is 0 Å². The lowest BCUT2D eigenvalue weighted by atomic mass is 10.1. The standard InChI is InChI=1S/C16H16Br2OS2/c1-9-5-13(19-2)11(7-12(9)17)16(18)15-6-10-8-20-4-3-14(10)21-15/h5-7,16H,3-4,8H2,1-2H3. The van der Waals surface area contributed by atoms with Crippen molar-refractivity contribution in [1.82, 2.24) is 0 Å². The number of hydrogen-bond donors (Lipinski definition) is 0. The van der Waals surface area contributed by atoms with Crippen LogP contribution >= 0.6 is 55.0 Å². The lowest BCUT2D eigenvalue weighted by Crippen LogP contribution is -1.97. The summed E-state index contributed by atoms with van der Waals surface area (Å²) in [6.07, 6.45) is 1.21. The van der Waals surface area contributed by atoms with E-state index in [1.807, 2.05) is 23.1 Å². The number of methoxy groups -OCH3 is 1. The summed E-state index contributed by atoms with van der Waals surface area (Å²) in [6.45, 7) is 2.08. The molecule has 1 aromatic carbocycles. The van der Waals surface area contributed by atoms with Gasteiger partial charge in [0.1, 0.15) is 5.75 Å². The topological polar surface area (TPSA) is 9.23 Å². The van der Waals surface area contributed by atoms with Crippen LogP contribution in [0, 0.1) is 6.92 Å². The molecule has 0 spiro atoms. The Balaban J connectivity index is 1.99. The zero-order valence-electron chi connectivity index (χ0n) is 11.9. The quantitative estimate of drug-likeness (QED) is 0.525. The van der Waals surface area contributed by atoms with Crippen molar-refractivity contribution < 1.29 is 4.74 Å². The molecule has 2 heterocycles. The fourth-order valence-corrected chi connectivity index (χ4v) is 6.00. The molecule has 5 heteroatoms. The Kier molecular flexibility index (Phi) is 5.04. The van der Waals surface area contributed by atoms with Gasteiger partial charge in [0.25, 0.3) is 0 Å². The predicted molar refractivity (Wildman–Crippen MR) is 100 cm³/mol. The van der Waals surface area contributed by atoms with E-state index in [2.05, 4.69) is 57.0 Å². The van der Waals surface area contributed by atoms with Gasteiger partial charge in [-0.1, -0.05) is 31.9 Å². The number of thioether (sulfide) groups is 1. The summed E-state index contributed by atoms with van der Waals surface area (Å²) in [5, 5.41) is 0. The van der Waals surface area contributed by atoms with E-state index >= 15 is 0 Å². The van der Waals surface area contributed by atoms with E-state index in [0.717, 1.165) is 16.0 Å². The molecule has 0 bridgehead atoms. The van der Waals surface area contributed by atoms with Crippen molar-refractivity contribution in [3.8, 4) is 5.75 Å². The first-order valence-electron chi connectivity index (χ1n) is 6.77. The minimum Gasteiger partial charge on any atom is -0.496 e. The molecule has 1 aliphatic rings. The predicted octanol–water partition coefficient (Wildman–Crippen LogP) is 6.10. The number of thiophene rings is 1. The summed E-state index contributed by atoms with van der Waals surface area (Å²) in [7, 11) is 1.74. The van der Waals surface area contributed by atoms with Crippen molar-refractivity contribution in [2.75, 3.05) is 12.9 Å². The molecule has 0 saturated carbocycles.